The van der Waals surface area contributed by atoms with E-state index in [1.807, 2.05) is 12.1 Å². The van der Waals surface area contributed by atoms with Crippen molar-refractivity contribution in [1.29, 1.82) is 0 Å². The van der Waals surface area contributed by atoms with Crippen LogP contribution in [0.15, 0.2) is 29.1 Å². The number of hydrogen-bond acceptors (Lipinski definition) is 4. The number of nitrogens with one attached hydrogen (secondary N) is 2. The van der Waals surface area contributed by atoms with E-state index in [1.165, 1.54) is 18.5 Å². The van der Waals surface area contributed by atoms with Gasteiger partial charge in [0.15, 0.2) is 0 Å². The molecule has 2 N–H and O–H groups in total. The molecular formula is C17H20N4O. The summed E-state index contributed by atoms with van der Waals surface area (Å²) in [6.07, 6.45) is 5.34. The maximum absolute atomic E-state index is 12.0. The first kappa shape index (κ1) is 13.4. The highest BCUT2D eigenvalue weighted by Crippen LogP contribution is 2.23. The zero-order valence-electron chi connectivity index (χ0n) is 12.6. The van der Waals surface area contributed by atoms with Gasteiger partial charge in [-0.1, -0.05) is 0 Å². The Hall–Kier alpha value is -2.30. The SMILES string of the molecule is O=c1[nH]c(Nc2ccc(N3CCCC3)cc2)nc2c1CCC2. The molecule has 0 radical (unpaired) electrons. The lowest BCUT2D eigenvalue weighted by Crippen LogP contribution is -2.17. The molecule has 114 valence electrons. The molecule has 0 unspecified atom stereocenters. The van der Waals surface area contributed by atoms with Gasteiger partial charge >= 0.3 is 0 Å². The highest BCUT2D eigenvalue weighted by molar-refractivity contribution is 5.59. The molecule has 22 heavy (non-hydrogen) atoms. The molecule has 1 saturated heterocycles. The van der Waals surface area contributed by atoms with Gasteiger partial charge in [0.05, 0.1) is 5.69 Å². The van der Waals surface area contributed by atoms with Crippen LogP contribution in [0, 0.1) is 0 Å². The van der Waals surface area contributed by atoms with E-state index >= 15 is 0 Å². The number of aryl methyl sites for hydroxylation is 1. The van der Waals surface area contributed by atoms with Crippen LogP contribution in [0.25, 0.3) is 0 Å². The molecule has 0 saturated carbocycles. The van der Waals surface area contributed by atoms with Crippen LogP contribution in [-0.4, -0.2) is 23.1 Å². The molecule has 4 rings (SSSR count). The Kier molecular flexibility index (Phi) is 3.33. The molecule has 0 atom stereocenters. The normalized spacial score (nSPS) is 16.8. The van der Waals surface area contributed by atoms with E-state index in [1.54, 1.807) is 0 Å². The summed E-state index contributed by atoms with van der Waals surface area (Å²) >= 11 is 0. The smallest absolute Gasteiger partial charge is 0.255 e. The van der Waals surface area contributed by atoms with Crippen LogP contribution in [0.3, 0.4) is 0 Å². The average Bonchev–Trinajstić information content (AvgIpc) is 3.19. The Morgan fingerprint density at radius 1 is 1.05 bits per heavy atom. The van der Waals surface area contributed by atoms with E-state index in [0.717, 1.165) is 49.3 Å². The first-order valence-corrected chi connectivity index (χ1v) is 8.04. The van der Waals surface area contributed by atoms with Crippen LogP contribution < -0.4 is 15.8 Å². The summed E-state index contributed by atoms with van der Waals surface area (Å²) in [6, 6.07) is 8.33. The van der Waals surface area contributed by atoms with Crippen molar-refractivity contribution in [3.63, 3.8) is 0 Å². The molecule has 1 aliphatic carbocycles. The first-order chi connectivity index (χ1) is 10.8. The number of hydrogen-bond donors (Lipinski definition) is 2. The van der Waals surface area contributed by atoms with E-state index in [4.69, 9.17) is 0 Å². The maximum Gasteiger partial charge on any atom is 0.255 e. The van der Waals surface area contributed by atoms with Crippen molar-refractivity contribution in [3.8, 4) is 0 Å². The fraction of sp³-hybridized carbons (Fsp3) is 0.412. The van der Waals surface area contributed by atoms with Crippen LogP contribution in [0.5, 0.6) is 0 Å². The molecule has 1 aliphatic heterocycles. The number of anilines is 3. The summed E-state index contributed by atoms with van der Waals surface area (Å²) in [6.45, 7) is 2.29. The van der Waals surface area contributed by atoms with Crippen molar-refractivity contribution in [1.82, 2.24) is 9.97 Å². The minimum Gasteiger partial charge on any atom is -0.372 e. The van der Waals surface area contributed by atoms with Gasteiger partial charge in [0.1, 0.15) is 0 Å². The van der Waals surface area contributed by atoms with E-state index in [0.29, 0.717) is 5.95 Å². The van der Waals surface area contributed by atoms with Gasteiger partial charge in [-0.2, -0.15) is 0 Å². The highest BCUT2D eigenvalue weighted by Gasteiger charge is 2.17. The molecule has 0 bridgehead atoms. The number of benzene rings is 1. The Balaban J connectivity index is 1.53. The fourth-order valence-corrected chi connectivity index (χ4v) is 3.37. The number of aromatic nitrogens is 2. The predicted octanol–water partition coefficient (Wildman–Crippen LogP) is 2.60. The summed E-state index contributed by atoms with van der Waals surface area (Å²) in [5, 5.41) is 3.21. The zero-order valence-corrected chi connectivity index (χ0v) is 12.6. The summed E-state index contributed by atoms with van der Waals surface area (Å²) in [7, 11) is 0. The fourth-order valence-electron chi connectivity index (χ4n) is 3.37. The van der Waals surface area contributed by atoms with Crippen LogP contribution in [0.4, 0.5) is 17.3 Å². The van der Waals surface area contributed by atoms with Gasteiger partial charge in [-0.3, -0.25) is 9.78 Å². The maximum atomic E-state index is 12.0. The van der Waals surface area contributed by atoms with Gasteiger partial charge in [0, 0.05) is 30.0 Å². The largest absolute Gasteiger partial charge is 0.372 e. The number of H-pyrrole nitrogens is 1. The lowest BCUT2D eigenvalue weighted by atomic mass is 10.2. The number of fused-ring (bicyclic) bond motifs is 1. The molecule has 1 aromatic carbocycles. The van der Waals surface area contributed by atoms with Crippen molar-refractivity contribution in [2.24, 2.45) is 0 Å². The summed E-state index contributed by atoms with van der Waals surface area (Å²) < 4.78 is 0. The molecule has 5 nitrogen and oxygen atoms in total. The second-order valence-electron chi connectivity index (χ2n) is 6.06. The number of rotatable bonds is 3. The van der Waals surface area contributed by atoms with Gasteiger partial charge in [-0.05, 0) is 56.4 Å². The summed E-state index contributed by atoms with van der Waals surface area (Å²) in [5.41, 5.74) is 4.01. The molecule has 5 heteroatoms. The third kappa shape index (κ3) is 2.47. The molecule has 0 spiro atoms. The van der Waals surface area contributed by atoms with Crippen LogP contribution in [0.2, 0.25) is 0 Å². The van der Waals surface area contributed by atoms with Gasteiger partial charge in [-0.15, -0.1) is 0 Å². The monoisotopic (exact) mass is 296 g/mol. The zero-order chi connectivity index (χ0) is 14.9. The highest BCUT2D eigenvalue weighted by atomic mass is 16.1. The predicted molar refractivity (Wildman–Crippen MR) is 88.1 cm³/mol. The topological polar surface area (TPSA) is 61.0 Å². The van der Waals surface area contributed by atoms with Crippen molar-refractivity contribution >= 4 is 17.3 Å². The van der Waals surface area contributed by atoms with E-state index in [2.05, 4.69) is 32.3 Å². The number of nitrogens with zero attached hydrogens (tertiary/aromatic N) is 2. The average molecular weight is 296 g/mol. The second kappa shape index (κ2) is 5.48. The minimum absolute atomic E-state index is 0.00122. The second-order valence-corrected chi connectivity index (χ2v) is 6.06. The van der Waals surface area contributed by atoms with Crippen molar-refractivity contribution < 1.29 is 0 Å². The Morgan fingerprint density at radius 2 is 1.82 bits per heavy atom. The van der Waals surface area contributed by atoms with Crippen molar-refractivity contribution in [3.05, 3.63) is 45.9 Å². The first-order valence-electron chi connectivity index (χ1n) is 8.04. The number of aromatic amines is 1. The Morgan fingerprint density at radius 3 is 2.59 bits per heavy atom. The summed E-state index contributed by atoms with van der Waals surface area (Å²) in [4.78, 5) is 21.8. The van der Waals surface area contributed by atoms with Crippen LogP contribution in [0.1, 0.15) is 30.5 Å². The van der Waals surface area contributed by atoms with Gasteiger partial charge < -0.3 is 10.2 Å². The third-order valence-corrected chi connectivity index (χ3v) is 4.54. The standard InChI is InChI=1S/C17H20N4O/c22-16-14-4-3-5-15(14)19-17(20-16)18-12-6-8-13(9-7-12)21-10-1-2-11-21/h6-9H,1-5,10-11H2,(H2,18,19,20,22). The van der Waals surface area contributed by atoms with Gasteiger partial charge in [-0.25, -0.2) is 4.98 Å². The lowest BCUT2D eigenvalue weighted by molar-refractivity contribution is 0.899. The molecule has 2 aliphatic rings. The van der Waals surface area contributed by atoms with E-state index in [9.17, 15) is 4.79 Å². The minimum atomic E-state index is -0.00122. The molecular weight excluding hydrogens is 276 g/mol. The van der Waals surface area contributed by atoms with Gasteiger partial charge in [0.25, 0.3) is 5.56 Å². The molecule has 1 fully saturated rings. The molecule has 2 heterocycles. The van der Waals surface area contributed by atoms with E-state index < -0.39 is 0 Å². The Bertz CT molecular complexity index is 729. The third-order valence-electron chi connectivity index (χ3n) is 4.54. The van der Waals surface area contributed by atoms with E-state index in [-0.39, 0.29) is 5.56 Å². The van der Waals surface area contributed by atoms with Crippen molar-refractivity contribution in [2.75, 3.05) is 23.3 Å². The summed E-state index contributed by atoms with van der Waals surface area (Å²) in [5.74, 6) is 0.541. The van der Waals surface area contributed by atoms with Crippen molar-refractivity contribution in [2.45, 2.75) is 32.1 Å². The molecule has 1 aromatic heterocycles. The van der Waals surface area contributed by atoms with Gasteiger partial charge in [0.2, 0.25) is 5.95 Å². The molecule has 0 amide bonds. The molecule has 2 aromatic rings. The Labute approximate surface area is 129 Å². The lowest BCUT2D eigenvalue weighted by Gasteiger charge is -2.17. The van der Waals surface area contributed by atoms with Crippen LogP contribution >= 0.6 is 0 Å². The quantitative estimate of drug-likeness (QED) is 0.914. The van der Waals surface area contributed by atoms with Crippen LogP contribution in [-0.2, 0) is 12.8 Å².